The molecule has 0 amide bonds. The van der Waals surface area contributed by atoms with E-state index >= 15 is 0 Å². The van der Waals surface area contributed by atoms with Crippen molar-refractivity contribution in [2.75, 3.05) is 0 Å². The Hall–Kier alpha value is -1.82. The van der Waals surface area contributed by atoms with E-state index in [2.05, 4.69) is 13.5 Å². The molecular weight excluding hydrogens is 276 g/mol. The minimum atomic E-state index is -0.419. The molecule has 0 aromatic carbocycles. The minimum Gasteiger partial charge on any atom is -0.469 e. The van der Waals surface area contributed by atoms with E-state index in [1.165, 1.54) is 6.26 Å². The van der Waals surface area contributed by atoms with Gasteiger partial charge in [0.25, 0.3) is 0 Å². The van der Waals surface area contributed by atoms with Crippen LogP contribution in [0.5, 0.6) is 0 Å². The zero-order valence-electron chi connectivity index (χ0n) is 11.4. The molecule has 0 radical (unpaired) electrons. The van der Waals surface area contributed by atoms with Crippen LogP contribution in [0.15, 0.2) is 24.0 Å². The third-order valence-corrected chi connectivity index (χ3v) is 5.60. The van der Waals surface area contributed by atoms with Gasteiger partial charge in [0.1, 0.15) is 18.3 Å². The number of hydrogen-bond acceptors (Lipinski definition) is 6. The molecule has 21 heavy (non-hydrogen) atoms. The van der Waals surface area contributed by atoms with E-state index in [-0.39, 0.29) is 47.7 Å². The summed E-state index contributed by atoms with van der Waals surface area (Å²) in [6, 6.07) is 0. The van der Waals surface area contributed by atoms with Crippen LogP contribution in [0.4, 0.5) is 0 Å². The van der Waals surface area contributed by atoms with Crippen molar-refractivity contribution in [1.82, 2.24) is 0 Å². The number of rotatable bonds is 0. The Labute approximate surface area is 120 Å². The zero-order chi connectivity index (χ0) is 14.5. The predicted molar refractivity (Wildman–Crippen MR) is 66.4 cm³/mol. The Bertz CT molecular complexity index is 636. The fourth-order valence-electron chi connectivity index (χ4n) is 4.58. The van der Waals surface area contributed by atoms with Crippen molar-refractivity contribution in [3.63, 3.8) is 0 Å². The van der Waals surface area contributed by atoms with Gasteiger partial charge in [-0.05, 0) is 6.42 Å². The molecule has 1 saturated carbocycles. The quantitative estimate of drug-likeness (QED) is 0.371. The summed E-state index contributed by atoms with van der Waals surface area (Å²) in [6.45, 7) is 5.89. The molecule has 0 aromatic heterocycles. The maximum absolute atomic E-state index is 12.2. The number of epoxide rings is 1. The largest absolute Gasteiger partial charge is 0.469 e. The lowest BCUT2D eigenvalue weighted by molar-refractivity contribution is -0.150. The molecule has 4 aliphatic heterocycles. The highest BCUT2D eigenvalue weighted by Crippen LogP contribution is 2.62. The molecule has 110 valence electrons. The highest BCUT2D eigenvalue weighted by Gasteiger charge is 2.70. The number of carbonyl (C=O) groups is 2. The molecule has 5 aliphatic rings. The Morgan fingerprint density at radius 3 is 2.90 bits per heavy atom. The van der Waals surface area contributed by atoms with Crippen LogP contribution in [0.3, 0.4) is 0 Å². The summed E-state index contributed by atoms with van der Waals surface area (Å²) in [5.74, 6) is -1.16. The van der Waals surface area contributed by atoms with E-state index in [0.717, 1.165) is 0 Å². The fraction of sp³-hybridized carbons (Fsp3) is 0.600. The molecule has 7 atom stereocenters. The van der Waals surface area contributed by atoms with Crippen LogP contribution in [-0.4, -0.2) is 36.5 Å². The number of ether oxygens (including phenoxy) is 4. The summed E-state index contributed by atoms with van der Waals surface area (Å²) in [6.07, 6.45) is 0.982. The van der Waals surface area contributed by atoms with Gasteiger partial charge in [-0.15, -0.1) is 0 Å². The van der Waals surface area contributed by atoms with Crippen molar-refractivity contribution in [3.05, 3.63) is 24.0 Å². The van der Waals surface area contributed by atoms with Gasteiger partial charge in [-0.25, -0.2) is 9.59 Å². The van der Waals surface area contributed by atoms with E-state index in [4.69, 9.17) is 18.9 Å². The third kappa shape index (κ3) is 1.23. The van der Waals surface area contributed by atoms with Crippen LogP contribution < -0.4 is 0 Å². The molecule has 4 fully saturated rings. The van der Waals surface area contributed by atoms with Gasteiger partial charge in [0, 0.05) is 16.9 Å². The first-order valence-corrected chi connectivity index (χ1v) is 7.12. The molecule has 0 aromatic rings. The number of carbonyl (C=O) groups excluding carboxylic acids is 2. The second-order valence-electron chi connectivity index (χ2n) is 6.69. The topological polar surface area (TPSA) is 74.4 Å². The number of esters is 2. The van der Waals surface area contributed by atoms with Crippen molar-refractivity contribution < 1.29 is 28.5 Å². The summed E-state index contributed by atoms with van der Waals surface area (Å²) in [5, 5.41) is 0. The maximum atomic E-state index is 12.2. The van der Waals surface area contributed by atoms with Crippen LogP contribution in [0.1, 0.15) is 13.3 Å². The van der Waals surface area contributed by atoms with Gasteiger partial charge < -0.3 is 18.9 Å². The van der Waals surface area contributed by atoms with Crippen LogP contribution >= 0.6 is 0 Å². The van der Waals surface area contributed by atoms with Crippen molar-refractivity contribution >= 4 is 11.9 Å². The minimum absolute atomic E-state index is 0.0956. The molecule has 5 rings (SSSR count). The molecule has 4 heterocycles. The summed E-state index contributed by atoms with van der Waals surface area (Å²) in [7, 11) is 0. The smallest absolute Gasteiger partial charge is 0.337 e. The van der Waals surface area contributed by atoms with Gasteiger partial charge in [0.15, 0.2) is 0 Å². The maximum Gasteiger partial charge on any atom is 0.337 e. The number of fused-ring (bicyclic) bond motifs is 4. The molecule has 0 spiro atoms. The second kappa shape index (κ2) is 3.32. The lowest BCUT2D eigenvalue weighted by Crippen LogP contribution is -2.51. The van der Waals surface area contributed by atoms with Crippen molar-refractivity contribution in [2.45, 2.75) is 37.9 Å². The molecule has 0 unspecified atom stereocenters. The fourth-order valence-corrected chi connectivity index (χ4v) is 4.58. The van der Waals surface area contributed by atoms with Crippen LogP contribution in [0.25, 0.3) is 0 Å². The van der Waals surface area contributed by atoms with Gasteiger partial charge in [-0.3, -0.25) is 0 Å². The molecular formula is C15H14O6. The van der Waals surface area contributed by atoms with Gasteiger partial charge in [-0.1, -0.05) is 13.5 Å². The first-order chi connectivity index (χ1) is 10.0. The molecule has 0 N–H and O–H groups in total. The van der Waals surface area contributed by atoms with E-state index in [1.807, 2.05) is 0 Å². The Morgan fingerprint density at radius 1 is 1.29 bits per heavy atom. The van der Waals surface area contributed by atoms with Gasteiger partial charge >= 0.3 is 11.9 Å². The van der Waals surface area contributed by atoms with Crippen LogP contribution in [0.2, 0.25) is 0 Å². The average Bonchev–Trinajstić information content (AvgIpc) is 3.08. The van der Waals surface area contributed by atoms with Crippen molar-refractivity contribution in [1.29, 1.82) is 0 Å². The normalized spacial score (nSPS) is 52.6. The Kier molecular flexibility index (Phi) is 1.87. The summed E-state index contributed by atoms with van der Waals surface area (Å²) >= 11 is 0. The highest BCUT2D eigenvalue weighted by atomic mass is 16.8. The highest BCUT2D eigenvalue weighted by molar-refractivity contribution is 5.94. The van der Waals surface area contributed by atoms with E-state index < -0.39 is 6.10 Å². The summed E-state index contributed by atoms with van der Waals surface area (Å²) in [5.41, 5.74) is 0.610. The molecule has 0 bridgehead atoms. The van der Waals surface area contributed by atoms with E-state index in [1.54, 1.807) is 0 Å². The number of hydrogen-bond donors (Lipinski definition) is 0. The molecule has 3 saturated heterocycles. The second-order valence-corrected chi connectivity index (χ2v) is 6.69. The summed E-state index contributed by atoms with van der Waals surface area (Å²) in [4.78, 5) is 24.0. The summed E-state index contributed by atoms with van der Waals surface area (Å²) < 4.78 is 22.1. The monoisotopic (exact) mass is 290 g/mol. The predicted octanol–water partition coefficient (Wildman–Crippen LogP) is 0.675. The standard InChI is InChI=1S/C15H14O6/c1-5-8-7(19-12(5)16)3-15(2)9-6(13(17)20-10(8)9)4-18-14-11(15)21-14/h4,7-11,14H,1,3H2,2H3/t7-,8-,9+,10+,11-,14+,15-/m1/s1. The molecule has 1 aliphatic carbocycles. The van der Waals surface area contributed by atoms with Crippen molar-refractivity contribution in [2.24, 2.45) is 17.3 Å². The lowest BCUT2D eigenvalue weighted by Gasteiger charge is -2.44. The van der Waals surface area contributed by atoms with E-state index in [9.17, 15) is 9.59 Å². The lowest BCUT2D eigenvalue weighted by atomic mass is 9.58. The first-order valence-electron chi connectivity index (χ1n) is 7.12. The zero-order valence-corrected chi connectivity index (χ0v) is 11.4. The molecule has 6 nitrogen and oxygen atoms in total. The van der Waals surface area contributed by atoms with Crippen molar-refractivity contribution in [3.8, 4) is 0 Å². The van der Waals surface area contributed by atoms with Crippen LogP contribution in [0, 0.1) is 17.3 Å². The average molecular weight is 290 g/mol. The Morgan fingerprint density at radius 2 is 2.10 bits per heavy atom. The Balaban J connectivity index is 1.67. The first kappa shape index (κ1) is 11.8. The van der Waals surface area contributed by atoms with Gasteiger partial charge in [0.05, 0.1) is 17.8 Å². The van der Waals surface area contributed by atoms with Gasteiger partial charge in [0.2, 0.25) is 6.29 Å². The SMILES string of the molecule is C=C1C(=O)O[C@@H]2C[C@@]3(C)[C@@H]4O[C@@H]4OC=C4C(=O)O[C@@H]([C@H]12)[C@H]43. The van der Waals surface area contributed by atoms with Gasteiger partial charge in [-0.2, -0.15) is 0 Å². The third-order valence-electron chi connectivity index (χ3n) is 5.60. The molecule has 6 heteroatoms. The van der Waals surface area contributed by atoms with Crippen LogP contribution in [-0.2, 0) is 28.5 Å². The van der Waals surface area contributed by atoms with E-state index in [0.29, 0.717) is 17.6 Å².